The van der Waals surface area contributed by atoms with Gasteiger partial charge in [-0.15, -0.1) is 0 Å². The minimum atomic E-state index is -0.744. The van der Waals surface area contributed by atoms with Gasteiger partial charge in [-0.2, -0.15) is 5.10 Å². The van der Waals surface area contributed by atoms with E-state index in [1.807, 2.05) is 6.92 Å². The normalized spacial score (nSPS) is 11.9. The van der Waals surface area contributed by atoms with Gasteiger partial charge in [-0.05, 0) is 19.5 Å². The lowest BCUT2D eigenvalue weighted by molar-refractivity contribution is 0.303. The fourth-order valence-electron chi connectivity index (χ4n) is 1.95. The average Bonchev–Trinajstić information content (AvgIpc) is 2.44. The Labute approximate surface area is 122 Å². The van der Waals surface area contributed by atoms with E-state index >= 15 is 0 Å². The molecule has 0 fully saturated rings. The third kappa shape index (κ3) is 4.75. The van der Waals surface area contributed by atoms with Crippen LogP contribution in [0.15, 0.2) is 14.7 Å². The minimum Gasteiger partial charge on any atom is -0.494 e. The largest absolute Gasteiger partial charge is 0.494 e. The van der Waals surface area contributed by atoms with E-state index in [1.165, 1.54) is 0 Å². The quantitative estimate of drug-likeness (QED) is 0.302. The van der Waals surface area contributed by atoms with Crippen LogP contribution in [0, 0.1) is 0 Å². The molecule has 0 saturated heterocycles. The third-order valence-corrected chi connectivity index (χ3v) is 3.19. The van der Waals surface area contributed by atoms with E-state index in [0.29, 0.717) is 18.7 Å². The lowest BCUT2D eigenvalue weighted by Crippen LogP contribution is -2.31. The molecule has 0 saturated carbocycles. The van der Waals surface area contributed by atoms with Crippen molar-refractivity contribution >= 4 is 5.71 Å². The molecule has 4 N–H and O–H groups in total. The Bertz CT molecular complexity index is 586. The molecule has 0 unspecified atom stereocenters. The zero-order chi connectivity index (χ0) is 15.8. The van der Waals surface area contributed by atoms with Crippen molar-refractivity contribution < 1.29 is 5.11 Å². The number of rotatable bonds is 8. The summed E-state index contributed by atoms with van der Waals surface area (Å²) < 4.78 is 0. The molecule has 0 amide bonds. The summed E-state index contributed by atoms with van der Waals surface area (Å²) in [5, 5.41) is 13.8. The molecule has 118 valence electrons. The van der Waals surface area contributed by atoms with Crippen molar-refractivity contribution in [1.29, 1.82) is 0 Å². The van der Waals surface area contributed by atoms with Gasteiger partial charge in [0.05, 0.1) is 5.71 Å². The van der Waals surface area contributed by atoms with Gasteiger partial charge in [0.1, 0.15) is 5.56 Å². The maximum absolute atomic E-state index is 11.7. The van der Waals surface area contributed by atoms with Gasteiger partial charge >= 0.3 is 5.69 Å². The number of likely N-dealkylation sites (N-methyl/N-ethyl adjacent to an activating group) is 1. The lowest BCUT2D eigenvalue weighted by Gasteiger charge is -2.17. The van der Waals surface area contributed by atoms with Gasteiger partial charge in [-0.25, -0.2) is 4.79 Å². The Morgan fingerprint density at radius 2 is 1.90 bits per heavy atom. The molecule has 0 atom stereocenters. The Morgan fingerprint density at radius 1 is 1.24 bits per heavy atom. The highest BCUT2D eigenvalue weighted by Crippen LogP contribution is 2.08. The fourth-order valence-corrected chi connectivity index (χ4v) is 1.95. The molecule has 0 spiro atoms. The summed E-state index contributed by atoms with van der Waals surface area (Å²) in [7, 11) is 0. The molecule has 0 aliphatic rings. The zero-order valence-electron chi connectivity index (χ0n) is 12.7. The van der Waals surface area contributed by atoms with E-state index in [-0.39, 0.29) is 5.56 Å². The molecule has 1 aromatic heterocycles. The molecule has 1 rings (SSSR count). The van der Waals surface area contributed by atoms with E-state index < -0.39 is 17.1 Å². The van der Waals surface area contributed by atoms with Gasteiger partial charge in [-0.3, -0.25) is 14.8 Å². The van der Waals surface area contributed by atoms with Crippen molar-refractivity contribution in [2.24, 2.45) is 5.10 Å². The Morgan fingerprint density at radius 3 is 2.43 bits per heavy atom. The Kier molecular flexibility index (Phi) is 6.67. The van der Waals surface area contributed by atoms with E-state index in [0.717, 1.165) is 19.6 Å². The molecule has 1 heterocycles. The van der Waals surface area contributed by atoms with Gasteiger partial charge < -0.3 is 15.4 Å². The van der Waals surface area contributed by atoms with Crippen LogP contribution in [-0.2, 0) is 0 Å². The van der Waals surface area contributed by atoms with Gasteiger partial charge in [0.2, 0.25) is 5.88 Å². The number of aromatic amines is 2. The second kappa shape index (κ2) is 8.25. The molecular formula is C13H23N5O3. The molecule has 0 aliphatic carbocycles. The summed E-state index contributed by atoms with van der Waals surface area (Å²) in [4.78, 5) is 29.2. The van der Waals surface area contributed by atoms with Gasteiger partial charge in [0.25, 0.3) is 5.56 Å². The molecule has 0 aromatic carbocycles. The number of nitrogens with zero attached hydrogens (tertiary/aromatic N) is 2. The molecule has 8 nitrogen and oxygen atoms in total. The first-order chi connectivity index (χ1) is 10.0. The highest BCUT2D eigenvalue weighted by atomic mass is 16.3. The number of aromatic nitrogens is 2. The third-order valence-electron chi connectivity index (χ3n) is 3.19. The van der Waals surface area contributed by atoms with Crippen LogP contribution in [0.4, 0.5) is 0 Å². The van der Waals surface area contributed by atoms with Crippen molar-refractivity contribution in [3.63, 3.8) is 0 Å². The summed E-state index contributed by atoms with van der Waals surface area (Å²) >= 11 is 0. The SMILES string of the molecule is CC/C(=N\NCCN(CC)CC)c1c(O)[nH]c(=O)[nH]c1=O. The van der Waals surface area contributed by atoms with Crippen molar-refractivity contribution in [3.05, 3.63) is 26.4 Å². The Balaban J connectivity index is 2.82. The summed E-state index contributed by atoms with van der Waals surface area (Å²) in [5.41, 5.74) is 1.88. The highest BCUT2D eigenvalue weighted by molar-refractivity contribution is 6.01. The molecule has 8 heteroatoms. The summed E-state index contributed by atoms with van der Waals surface area (Å²) in [6, 6.07) is 0. The molecule has 0 radical (unpaired) electrons. The minimum absolute atomic E-state index is 0.00700. The average molecular weight is 297 g/mol. The Hall–Kier alpha value is -2.09. The van der Waals surface area contributed by atoms with E-state index in [1.54, 1.807) is 0 Å². The summed E-state index contributed by atoms with van der Waals surface area (Å²) in [6.07, 6.45) is 0.445. The maximum atomic E-state index is 11.7. The second-order valence-electron chi connectivity index (χ2n) is 4.48. The lowest BCUT2D eigenvalue weighted by atomic mass is 10.1. The van der Waals surface area contributed by atoms with Crippen molar-refractivity contribution in [3.8, 4) is 5.88 Å². The van der Waals surface area contributed by atoms with Crippen LogP contribution >= 0.6 is 0 Å². The zero-order valence-corrected chi connectivity index (χ0v) is 12.7. The number of hydrogen-bond donors (Lipinski definition) is 4. The standard InChI is InChI=1S/C13H23N5O3/c1-4-9(17-14-7-8-18(5-2)6-3)10-11(19)15-13(21)16-12(10)20/h14H,4-8H2,1-3H3,(H3,15,16,19,20,21)/b17-9+. The van der Waals surface area contributed by atoms with Crippen LogP contribution in [0.1, 0.15) is 32.8 Å². The van der Waals surface area contributed by atoms with Crippen LogP contribution in [0.25, 0.3) is 0 Å². The van der Waals surface area contributed by atoms with E-state index in [9.17, 15) is 14.7 Å². The van der Waals surface area contributed by atoms with Crippen LogP contribution in [0.3, 0.4) is 0 Å². The first-order valence-electron chi connectivity index (χ1n) is 7.11. The second-order valence-corrected chi connectivity index (χ2v) is 4.48. The fraction of sp³-hybridized carbons (Fsp3) is 0.615. The monoisotopic (exact) mass is 297 g/mol. The number of H-pyrrole nitrogens is 2. The number of nitrogens with one attached hydrogen (secondary N) is 3. The highest BCUT2D eigenvalue weighted by Gasteiger charge is 2.14. The molecule has 21 heavy (non-hydrogen) atoms. The first kappa shape index (κ1) is 17.0. The van der Waals surface area contributed by atoms with Gasteiger partial charge in [-0.1, -0.05) is 20.8 Å². The van der Waals surface area contributed by atoms with Crippen molar-refractivity contribution in [2.75, 3.05) is 26.2 Å². The predicted molar refractivity (Wildman–Crippen MR) is 82.0 cm³/mol. The van der Waals surface area contributed by atoms with Crippen LogP contribution in [0.5, 0.6) is 5.88 Å². The molecule has 0 aliphatic heterocycles. The van der Waals surface area contributed by atoms with Crippen LogP contribution < -0.4 is 16.7 Å². The smallest absolute Gasteiger partial charge is 0.328 e. The summed E-state index contributed by atoms with van der Waals surface area (Å²) in [5.74, 6) is -0.463. The first-order valence-corrected chi connectivity index (χ1v) is 7.11. The predicted octanol–water partition coefficient (Wildman–Crippen LogP) is -0.186. The van der Waals surface area contributed by atoms with Crippen molar-refractivity contribution in [1.82, 2.24) is 20.3 Å². The topological polar surface area (TPSA) is 114 Å². The van der Waals surface area contributed by atoms with Crippen LogP contribution in [-0.4, -0.2) is 51.9 Å². The number of hydrogen-bond acceptors (Lipinski definition) is 6. The van der Waals surface area contributed by atoms with Gasteiger partial charge in [0, 0.05) is 13.1 Å². The molecule has 0 bridgehead atoms. The molecular weight excluding hydrogens is 274 g/mol. The number of hydrazone groups is 1. The van der Waals surface area contributed by atoms with E-state index in [2.05, 4.69) is 39.2 Å². The number of aromatic hydroxyl groups is 1. The maximum Gasteiger partial charge on any atom is 0.328 e. The van der Waals surface area contributed by atoms with Crippen molar-refractivity contribution in [2.45, 2.75) is 27.2 Å². The van der Waals surface area contributed by atoms with Crippen LogP contribution in [0.2, 0.25) is 0 Å². The van der Waals surface area contributed by atoms with E-state index in [4.69, 9.17) is 0 Å². The molecule has 1 aromatic rings. The summed E-state index contributed by atoms with van der Waals surface area (Å²) in [6.45, 7) is 9.37. The van der Waals surface area contributed by atoms with Gasteiger partial charge in [0.15, 0.2) is 0 Å².